The van der Waals surface area contributed by atoms with E-state index in [1.807, 2.05) is 0 Å². The van der Waals surface area contributed by atoms with Crippen LogP contribution in [0.2, 0.25) is 0 Å². The quantitative estimate of drug-likeness (QED) is 0.446. The van der Waals surface area contributed by atoms with Crippen LogP contribution in [0.4, 0.5) is 4.79 Å². The Kier molecular flexibility index (Phi) is 9.76. The van der Waals surface area contributed by atoms with E-state index in [4.69, 9.17) is 15.6 Å². The topological polar surface area (TPSA) is 102 Å². The minimum Gasteiger partial charge on any atom is -0.480 e. The van der Waals surface area contributed by atoms with Crippen molar-refractivity contribution in [3.8, 4) is 0 Å². The van der Waals surface area contributed by atoms with Gasteiger partial charge in [-0.1, -0.05) is 39.5 Å². The molecule has 0 aliphatic heterocycles. The van der Waals surface area contributed by atoms with E-state index in [1.54, 1.807) is 0 Å². The number of hydrogen-bond acceptors (Lipinski definition) is 4. The number of carbonyl (C=O) groups is 2. The van der Waals surface area contributed by atoms with Crippen LogP contribution in [0.15, 0.2) is 0 Å². The number of rotatable bonds is 13. The molecule has 0 unspecified atom stereocenters. The summed E-state index contributed by atoms with van der Waals surface area (Å²) in [5.41, 5.74) is 5.42. The highest BCUT2D eigenvalue weighted by molar-refractivity contribution is 5.72. The van der Waals surface area contributed by atoms with Crippen LogP contribution in [-0.2, 0) is 9.53 Å². The summed E-state index contributed by atoms with van der Waals surface area (Å²) in [7, 11) is 0. The first kappa shape index (κ1) is 20.7. The van der Waals surface area contributed by atoms with Gasteiger partial charge in [0.05, 0.1) is 6.61 Å². The molecule has 24 heavy (non-hydrogen) atoms. The van der Waals surface area contributed by atoms with Crippen molar-refractivity contribution >= 4 is 12.1 Å². The van der Waals surface area contributed by atoms with Crippen molar-refractivity contribution in [1.82, 2.24) is 5.32 Å². The fraction of sp³-hybridized carbons (Fsp3) is 0.889. The standard InChI is InChI=1S/C18H34N2O4/c1-3-5-9-14-13(8-4-2)15(14)12-24-18(23)20-11-7-6-10-16(19)17(21)22/h13-16H,3-12,19H2,1-2H3,(H,20,23)(H,21,22)/t13-,14+,15-,16+/m1/s1. The lowest BCUT2D eigenvalue weighted by Crippen LogP contribution is -2.30. The molecule has 0 aromatic rings. The van der Waals surface area contributed by atoms with Crippen LogP contribution in [-0.4, -0.2) is 36.4 Å². The van der Waals surface area contributed by atoms with E-state index in [0.717, 1.165) is 11.8 Å². The highest BCUT2D eigenvalue weighted by atomic mass is 16.5. The number of ether oxygens (including phenoxy) is 1. The maximum Gasteiger partial charge on any atom is 0.407 e. The number of carboxylic acid groups (broad SMARTS) is 1. The Labute approximate surface area is 145 Å². The molecule has 1 fully saturated rings. The predicted octanol–water partition coefficient (Wildman–Crippen LogP) is 3.15. The van der Waals surface area contributed by atoms with Crippen molar-refractivity contribution in [1.29, 1.82) is 0 Å². The lowest BCUT2D eigenvalue weighted by Gasteiger charge is -2.08. The van der Waals surface area contributed by atoms with Gasteiger partial charge in [-0.15, -0.1) is 0 Å². The van der Waals surface area contributed by atoms with Gasteiger partial charge in [0.15, 0.2) is 0 Å². The van der Waals surface area contributed by atoms with Crippen molar-refractivity contribution in [2.45, 2.75) is 71.3 Å². The number of carbonyl (C=O) groups excluding carboxylic acids is 1. The summed E-state index contributed by atoms with van der Waals surface area (Å²) in [5.74, 6) is 1.02. The van der Waals surface area contributed by atoms with Crippen LogP contribution < -0.4 is 11.1 Å². The summed E-state index contributed by atoms with van der Waals surface area (Å²) >= 11 is 0. The molecule has 1 amide bonds. The first-order chi connectivity index (χ1) is 11.5. The largest absolute Gasteiger partial charge is 0.480 e. The molecule has 0 spiro atoms. The molecule has 0 bridgehead atoms. The fourth-order valence-electron chi connectivity index (χ4n) is 3.43. The van der Waals surface area contributed by atoms with Gasteiger partial charge in [-0.05, 0) is 43.4 Å². The van der Waals surface area contributed by atoms with E-state index in [1.165, 1.54) is 32.1 Å². The molecule has 140 valence electrons. The van der Waals surface area contributed by atoms with Crippen LogP contribution in [0, 0.1) is 17.8 Å². The van der Waals surface area contributed by atoms with E-state index in [-0.39, 0.29) is 6.09 Å². The normalized spacial score (nSPS) is 23.5. The summed E-state index contributed by atoms with van der Waals surface area (Å²) in [4.78, 5) is 22.3. The number of aliphatic carboxylic acids is 1. The van der Waals surface area contributed by atoms with E-state index in [9.17, 15) is 9.59 Å². The summed E-state index contributed by atoms with van der Waals surface area (Å²) in [6.07, 6.45) is 7.58. The average Bonchev–Trinajstić information content (AvgIpc) is 3.21. The van der Waals surface area contributed by atoms with E-state index < -0.39 is 12.0 Å². The molecule has 4 atom stereocenters. The molecule has 0 aromatic carbocycles. The van der Waals surface area contributed by atoms with Crippen molar-refractivity contribution in [3.63, 3.8) is 0 Å². The van der Waals surface area contributed by atoms with Crippen molar-refractivity contribution < 1.29 is 19.4 Å². The van der Waals surface area contributed by atoms with Crippen molar-refractivity contribution in [3.05, 3.63) is 0 Å². The van der Waals surface area contributed by atoms with Crippen LogP contribution in [0.5, 0.6) is 0 Å². The zero-order valence-electron chi connectivity index (χ0n) is 15.1. The number of nitrogens with one attached hydrogen (secondary N) is 1. The first-order valence-corrected chi connectivity index (χ1v) is 9.40. The Morgan fingerprint density at radius 3 is 2.42 bits per heavy atom. The molecule has 1 aliphatic rings. The summed E-state index contributed by atoms with van der Waals surface area (Å²) < 4.78 is 5.35. The molecule has 0 saturated heterocycles. The number of hydrogen-bond donors (Lipinski definition) is 3. The Hall–Kier alpha value is -1.30. The Balaban J connectivity index is 2.09. The number of nitrogens with two attached hydrogens (primary N) is 1. The molecule has 1 rings (SSSR count). The van der Waals surface area contributed by atoms with Crippen molar-refractivity contribution in [2.75, 3.05) is 13.2 Å². The Morgan fingerprint density at radius 1 is 1.08 bits per heavy atom. The van der Waals surface area contributed by atoms with Crippen molar-refractivity contribution in [2.24, 2.45) is 23.5 Å². The second-order valence-electron chi connectivity index (χ2n) is 6.89. The molecule has 0 radical (unpaired) electrons. The fourth-order valence-corrected chi connectivity index (χ4v) is 3.43. The van der Waals surface area contributed by atoms with Gasteiger partial charge in [-0.2, -0.15) is 0 Å². The second kappa shape index (κ2) is 11.3. The number of amides is 1. The Bertz CT molecular complexity index is 389. The van der Waals surface area contributed by atoms with Gasteiger partial charge in [0.2, 0.25) is 0 Å². The number of alkyl carbamates (subject to hydrolysis) is 1. The van der Waals surface area contributed by atoms with Gasteiger partial charge in [-0.25, -0.2) is 4.79 Å². The van der Waals surface area contributed by atoms with Gasteiger partial charge in [0, 0.05) is 6.54 Å². The molecule has 6 heteroatoms. The highest BCUT2D eigenvalue weighted by Crippen LogP contribution is 2.52. The average molecular weight is 342 g/mol. The minimum atomic E-state index is -0.980. The Morgan fingerprint density at radius 2 is 1.79 bits per heavy atom. The number of unbranched alkanes of at least 4 members (excludes halogenated alkanes) is 2. The van der Waals surface area contributed by atoms with Crippen LogP contribution in [0.3, 0.4) is 0 Å². The van der Waals surface area contributed by atoms with Gasteiger partial charge in [0.25, 0.3) is 0 Å². The third-order valence-corrected chi connectivity index (χ3v) is 4.96. The zero-order valence-corrected chi connectivity index (χ0v) is 15.1. The minimum absolute atomic E-state index is 0.367. The van der Waals surface area contributed by atoms with E-state index in [2.05, 4.69) is 19.2 Å². The van der Waals surface area contributed by atoms with Crippen LogP contribution >= 0.6 is 0 Å². The van der Waals surface area contributed by atoms with Gasteiger partial charge < -0.3 is 20.9 Å². The molecule has 6 nitrogen and oxygen atoms in total. The summed E-state index contributed by atoms with van der Waals surface area (Å²) in [6.45, 7) is 5.43. The van der Waals surface area contributed by atoms with Gasteiger partial charge in [0.1, 0.15) is 6.04 Å². The van der Waals surface area contributed by atoms with Crippen LogP contribution in [0.25, 0.3) is 0 Å². The highest BCUT2D eigenvalue weighted by Gasteiger charge is 2.48. The lowest BCUT2D eigenvalue weighted by molar-refractivity contribution is -0.138. The van der Waals surface area contributed by atoms with E-state index >= 15 is 0 Å². The van der Waals surface area contributed by atoms with Gasteiger partial charge in [-0.3, -0.25) is 4.79 Å². The predicted molar refractivity (Wildman–Crippen MR) is 93.7 cm³/mol. The molecule has 0 heterocycles. The SMILES string of the molecule is CCCC[C@H]1[C@@H](CCC)[C@H]1COC(=O)NCCCC[C@H](N)C(=O)O. The molecule has 0 aromatic heterocycles. The second-order valence-corrected chi connectivity index (χ2v) is 6.89. The summed E-state index contributed by atoms with van der Waals surface area (Å²) in [5, 5.41) is 11.4. The monoisotopic (exact) mass is 342 g/mol. The third-order valence-electron chi connectivity index (χ3n) is 4.96. The third kappa shape index (κ3) is 7.51. The lowest BCUT2D eigenvalue weighted by atomic mass is 10.1. The zero-order chi connectivity index (χ0) is 17.9. The maximum absolute atomic E-state index is 11.7. The molecule has 1 aliphatic carbocycles. The van der Waals surface area contributed by atoms with Crippen LogP contribution in [0.1, 0.15) is 65.2 Å². The summed E-state index contributed by atoms with van der Waals surface area (Å²) in [6, 6.07) is -0.817. The maximum atomic E-state index is 11.7. The smallest absolute Gasteiger partial charge is 0.407 e. The van der Waals surface area contributed by atoms with E-state index in [0.29, 0.717) is 38.3 Å². The molecular formula is C18H34N2O4. The first-order valence-electron chi connectivity index (χ1n) is 9.40. The molecular weight excluding hydrogens is 308 g/mol. The van der Waals surface area contributed by atoms with Gasteiger partial charge >= 0.3 is 12.1 Å². The molecule has 1 saturated carbocycles. The molecule has 4 N–H and O–H groups in total. The number of carboxylic acids is 1.